The van der Waals surface area contributed by atoms with E-state index in [1.165, 1.54) is 0 Å². The third kappa shape index (κ3) is 2.05. The van der Waals surface area contributed by atoms with Gasteiger partial charge in [-0.2, -0.15) is 0 Å². The molecule has 0 amide bonds. The summed E-state index contributed by atoms with van der Waals surface area (Å²) >= 11 is 0. The van der Waals surface area contributed by atoms with Crippen molar-refractivity contribution in [3.8, 4) is 0 Å². The summed E-state index contributed by atoms with van der Waals surface area (Å²) in [7, 11) is 2.11. The molecule has 1 aromatic rings. The molecule has 1 aromatic carbocycles. The monoisotopic (exact) mass is 199 g/mol. The van der Waals surface area contributed by atoms with E-state index in [1.54, 1.807) is 0 Å². The topological polar surface area (TPSA) is 23.5 Å². The minimum Gasteiger partial charge on any atom is -0.334 e. The molecule has 3 heteroatoms. The Kier molecular flexibility index (Phi) is 3.36. The van der Waals surface area contributed by atoms with Gasteiger partial charge in [-0.15, -0.1) is 0 Å². The number of hydrogen-bond acceptors (Lipinski definition) is 2. The maximum atomic E-state index is 10.4. The fourth-order valence-corrected chi connectivity index (χ4v) is 3.14. The van der Waals surface area contributed by atoms with Crippen molar-refractivity contribution in [2.75, 3.05) is 19.8 Å². The molecule has 0 saturated carbocycles. The second-order valence-corrected chi connectivity index (χ2v) is 6.19. The summed E-state index contributed by atoms with van der Waals surface area (Å²) in [5, 5.41) is 0. The number of nitrogens with zero attached hydrogens (tertiary/aromatic N) is 1. The first-order valence-electron chi connectivity index (χ1n) is 4.37. The highest BCUT2D eigenvalue weighted by atomic mass is 32.3. The third-order valence-electron chi connectivity index (χ3n) is 2.13. The van der Waals surface area contributed by atoms with Crippen molar-refractivity contribution in [3.05, 3.63) is 30.3 Å². The number of benzene rings is 1. The molecule has 0 radical (unpaired) electrons. The van der Waals surface area contributed by atoms with Gasteiger partial charge in [0, 0.05) is 10.6 Å². The average molecular weight is 199 g/mol. The van der Waals surface area contributed by atoms with E-state index in [9.17, 15) is 4.55 Å². The van der Waals surface area contributed by atoms with Crippen molar-refractivity contribution in [2.24, 2.45) is 0 Å². The zero-order chi connectivity index (χ0) is 9.90. The molecule has 1 N–H and O–H groups in total. The van der Waals surface area contributed by atoms with E-state index in [4.69, 9.17) is 0 Å². The first-order chi connectivity index (χ1) is 6.11. The fourth-order valence-electron chi connectivity index (χ4n) is 1.27. The highest BCUT2D eigenvalue weighted by molar-refractivity contribution is 8.27. The van der Waals surface area contributed by atoms with Crippen LogP contribution in [-0.2, 0) is 0 Å². The minimum atomic E-state index is -1.74. The van der Waals surface area contributed by atoms with Gasteiger partial charge in [-0.25, -0.2) is 0 Å². The van der Waals surface area contributed by atoms with E-state index in [0.717, 1.165) is 10.6 Å². The lowest BCUT2D eigenvalue weighted by atomic mass is 10.4. The first-order valence-corrected chi connectivity index (χ1v) is 6.09. The van der Waals surface area contributed by atoms with Crippen LogP contribution in [0.2, 0.25) is 0 Å². The van der Waals surface area contributed by atoms with Crippen LogP contribution in [0.5, 0.6) is 0 Å². The van der Waals surface area contributed by atoms with Gasteiger partial charge in [0.05, 0.1) is 0 Å². The molecule has 0 spiro atoms. The summed E-state index contributed by atoms with van der Waals surface area (Å²) < 4.78 is 12.3. The second-order valence-electron chi connectivity index (χ2n) is 3.08. The lowest BCUT2D eigenvalue weighted by molar-refractivity contribution is 0.531. The Hall–Kier alpha value is -0.510. The van der Waals surface area contributed by atoms with Crippen LogP contribution in [0.1, 0.15) is 6.92 Å². The van der Waals surface area contributed by atoms with E-state index in [-0.39, 0.29) is 0 Å². The molecule has 1 unspecified atom stereocenters. The molecule has 74 valence electrons. The van der Waals surface area contributed by atoms with Crippen molar-refractivity contribution in [3.63, 3.8) is 0 Å². The highest BCUT2D eigenvalue weighted by Gasteiger charge is 2.22. The predicted octanol–water partition coefficient (Wildman–Crippen LogP) is 2.82. The number of rotatable bonds is 3. The Morgan fingerprint density at radius 1 is 1.23 bits per heavy atom. The van der Waals surface area contributed by atoms with E-state index < -0.39 is 10.5 Å². The summed E-state index contributed by atoms with van der Waals surface area (Å²) in [6.45, 7) is 2.02. The van der Waals surface area contributed by atoms with Gasteiger partial charge in [0.25, 0.3) is 0 Å². The van der Waals surface area contributed by atoms with Gasteiger partial charge in [-0.05, 0) is 26.2 Å². The summed E-state index contributed by atoms with van der Waals surface area (Å²) in [6.07, 6.45) is 0. The second kappa shape index (κ2) is 4.13. The molecule has 0 heterocycles. The third-order valence-corrected chi connectivity index (χ3v) is 5.17. The molecular formula is C10H17NOS. The summed E-state index contributed by atoms with van der Waals surface area (Å²) in [6, 6.07) is 9.87. The van der Waals surface area contributed by atoms with Crippen molar-refractivity contribution in [1.82, 2.24) is 4.31 Å². The Bertz CT molecular complexity index is 263. The van der Waals surface area contributed by atoms with Crippen LogP contribution < -0.4 is 0 Å². The van der Waals surface area contributed by atoms with Crippen LogP contribution in [0.15, 0.2) is 35.2 Å². The van der Waals surface area contributed by atoms with Gasteiger partial charge in [0.2, 0.25) is 0 Å². The molecule has 0 fully saturated rings. The molecule has 0 saturated heterocycles. The lowest BCUT2D eigenvalue weighted by Gasteiger charge is -2.39. The molecule has 1 atom stereocenters. The lowest BCUT2D eigenvalue weighted by Crippen LogP contribution is -2.21. The minimum absolute atomic E-state index is 0.768. The van der Waals surface area contributed by atoms with E-state index in [1.807, 2.05) is 55.7 Å². The molecule has 0 bridgehead atoms. The Morgan fingerprint density at radius 2 is 1.77 bits per heavy atom. The predicted molar refractivity (Wildman–Crippen MR) is 59.2 cm³/mol. The van der Waals surface area contributed by atoms with Crippen LogP contribution in [-0.4, -0.2) is 28.7 Å². The zero-order valence-electron chi connectivity index (χ0n) is 8.40. The van der Waals surface area contributed by atoms with E-state index >= 15 is 0 Å². The first kappa shape index (κ1) is 10.6. The van der Waals surface area contributed by atoms with Crippen LogP contribution in [0, 0.1) is 0 Å². The summed E-state index contributed by atoms with van der Waals surface area (Å²) in [4.78, 5) is 1.03. The van der Waals surface area contributed by atoms with Crippen LogP contribution >= 0.6 is 10.5 Å². The van der Waals surface area contributed by atoms with Crippen LogP contribution in [0.3, 0.4) is 0 Å². The maximum absolute atomic E-state index is 10.4. The Morgan fingerprint density at radius 3 is 2.15 bits per heavy atom. The number of hydrogen-bond donors (Lipinski definition) is 1. The SMILES string of the molecule is CCS(O)(c1ccccc1)N(C)C. The van der Waals surface area contributed by atoms with E-state index in [0.29, 0.717) is 0 Å². The average Bonchev–Trinajstić information content (AvgIpc) is 2.17. The molecule has 1 rings (SSSR count). The summed E-state index contributed by atoms with van der Waals surface area (Å²) in [5.74, 6) is 0.768. The van der Waals surface area contributed by atoms with Gasteiger partial charge in [-0.1, -0.05) is 35.6 Å². The van der Waals surface area contributed by atoms with Crippen molar-refractivity contribution in [2.45, 2.75) is 11.8 Å². The van der Waals surface area contributed by atoms with Gasteiger partial charge >= 0.3 is 0 Å². The van der Waals surface area contributed by atoms with Gasteiger partial charge in [0.1, 0.15) is 0 Å². The standard InChI is InChI=1S/C10H17NOS/c1-4-13(12,11(2)3)10-8-6-5-7-9-10/h5-9,12H,4H2,1-3H3. The largest absolute Gasteiger partial charge is 0.334 e. The smallest absolute Gasteiger partial charge is 0.0260 e. The molecule has 0 aromatic heterocycles. The maximum Gasteiger partial charge on any atom is 0.0260 e. The van der Waals surface area contributed by atoms with Crippen LogP contribution in [0.4, 0.5) is 0 Å². The quantitative estimate of drug-likeness (QED) is 0.809. The fraction of sp³-hybridized carbons (Fsp3) is 0.400. The zero-order valence-corrected chi connectivity index (χ0v) is 9.21. The molecule has 2 nitrogen and oxygen atoms in total. The van der Waals surface area contributed by atoms with Crippen molar-refractivity contribution >= 4 is 10.5 Å². The molecule has 0 aliphatic heterocycles. The van der Waals surface area contributed by atoms with Gasteiger partial charge in [-0.3, -0.25) is 4.31 Å². The Balaban J connectivity index is 3.03. The molecule has 0 aliphatic rings. The van der Waals surface area contributed by atoms with Gasteiger partial charge in [0.15, 0.2) is 0 Å². The molecule has 0 aliphatic carbocycles. The molecular weight excluding hydrogens is 182 g/mol. The summed E-state index contributed by atoms with van der Waals surface area (Å²) in [5.41, 5.74) is 0. The van der Waals surface area contributed by atoms with Crippen molar-refractivity contribution in [1.29, 1.82) is 0 Å². The molecule has 13 heavy (non-hydrogen) atoms. The highest BCUT2D eigenvalue weighted by Crippen LogP contribution is 2.52. The normalized spacial score (nSPS) is 18.2. The van der Waals surface area contributed by atoms with Crippen molar-refractivity contribution < 1.29 is 4.55 Å². The van der Waals surface area contributed by atoms with E-state index in [2.05, 4.69) is 0 Å². The van der Waals surface area contributed by atoms with Gasteiger partial charge < -0.3 is 4.55 Å². The van der Waals surface area contributed by atoms with Crippen LogP contribution in [0.25, 0.3) is 0 Å². The Labute approximate surface area is 81.8 Å².